The maximum Gasteiger partial charge on any atom is 0.0443 e. The highest BCUT2D eigenvalue weighted by molar-refractivity contribution is 4.83. The summed E-state index contributed by atoms with van der Waals surface area (Å²) in [6.45, 7) is 5.99. The summed E-state index contributed by atoms with van der Waals surface area (Å²) in [5.74, 6) is 0. The third kappa shape index (κ3) is 4.10. The van der Waals surface area contributed by atoms with Gasteiger partial charge in [0.1, 0.15) is 0 Å². The summed E-state index contributed by atoms with van der Waals surface area (Å²) in [6.07, 6.45) is 6.21. The first-order valence-corrected chi connectivity index (χ1v) is 5.48. The molecule has 0 amide bonds. The molecule has 0 aromatic rings. The standard InChI is InChI=1S/C11H23NO/c1-11(2)6-3-5-10(9-11)12-7-4-8-13/h10,12-13H,3-9H2,1-2H3/t10-/m1/s1. The zero-order valence-corrected chi connectivity index (χ0v) is 8.97. The number of aliphatic hydroxyl groups is 1. The van der Waals surface area contributed by atoms with E-state index in [1.54, 1.807) is 0 Å². The molecule has 0 saturated heterocycles. The van der Waals surface area contributed by atoms with Crippen LogP contribution in [0.25, 0.3) is 0 Å². The molecule has 1 aliphatic rings. The van der Waals surface area contributed by atoms with Crippen molar-refractivity contribution < 1.29 is 5.11 Å². The molecule has 1 fully saturated rings. The first-order chi connectivity index (χ1) is 6.14. The molecule has 0 aromatic heterocycles. The lowest BCUT2D eigenvalue weighted by Gasteiger charge is -2.35. The van der Waals surface area contributed by atoms with E-state index in [1.807, 2.05) is 0 Å². The average Bonchev–Trinajstić information content (AvgIpc) is 2.03. The Labute approximate surface area is 81.7 Å². The fourth-order valence-electron chi connectivity index (χ4n) is 2.26. The van der Waals surface area contributed by atoms with Crippen LogP contribution in [-0.2, 0) is 0 Å². The second-order valence-corrected chi connectivity index (χ2v) is 4.99. The highest BCUT2D eigenvalue weighted by atomic mass is 16.3. The van der Waals surface area contributed by atoms with Crippen LogP contribution >= 0.6 is 0 Å². The third-order valence-electron chi connectivity index (χ3n) is 2.97. The molecule has 2 nitrogen and oxygen atoms in total. The Bertz CT molecular complexity index is 145. The molecule has 1 saturated carbocycles. The van der Waals surface area contributed by atoms with Crippen molar-refractivity contribution in [2.24, 2.45) is 5.41 Å². The minimum atomic E-state index is 0.309. The maximum atomic E-state index is 8.66. The number of hydrogen-bond acceptors (Lipinski definition) is 2. The van der Waals surface area contributed by atoms with Crippen molar-refractivity contribution in [2.75, 3.05) is 13.2 Å². The van der Waals surface area contributed by atoms with Gasteiger partial charge in [0.05, 0.1) is 0 Å². The molecule has 13 heavy (non-hydrogen) atoms. The van der Waals surface area contributed by atoms with Crippen LogP contribution in [0.3, 0.4) is 0 Å². The number of aliphatic hydroxyl groups excluding tert-OH is 1. The van der Waals surface area contributed by atoms with Gasteiger partial charge in [0.15, 0.2) is 0 Å². The largest absolute Gasteiger partial charge is 0.396 e. The van der Waals surface area contributed by atoms with Gasteiger partial charge in [-0.2, -0.15) is 0 Å². The summed E-state index contributed by atoms with van der Waals surface area (Å²) in [6, 6.07) is 0.690. The van der Waals surface area contributed by atoms with E-state index in [0.29, 0.717) is 18.1 Å². The molecule has 1 aliphatic carbocycles. The van der Waals surface area contributed by atoms with E-state index < -0.39 is 0 Å². The van der Waals surface area contributed by atoms with E-state index >= 15 is 0 Å². The molecule has 0 aromatic carbocycles. The Morgan fingerprint density at radius 1 is 1.46 bits per heavy atom. The third-order valence-corrected chi connectivity index (χ3v) is 2.97. The first-order valence-electron chi connectivity index (χ1n) is 5.48. The van der Waals surface area contributed by atoms with Gasteiger partial charge in [0, 0.05) is 12.6 Å². The molecule has 0 spiro atoms. The van der Waals surface area contributed by atoms with E-state index in [0.717, 1.165) is 13.0 Å². The van der Waals surface area contributed by atoms with Crippen molar-refractivity contribution in [2.45, 2.75) is 52.0 Å². The number of nitrogens with one attached hydrogen (secondary N) is 1. The predicted molar refractivity (Wildman–Crippen MR) is 55.7 cm³/mol. The molecule has 1 atom stereocenters. The van der Waals surface area contributed by atoms with Gasteiger partial charge in [-0.1, -0.05) is 20.3 Å². The maximum absolute atomic E-state index is 8.66. The van der Waals surface area contributed by atoms with Crippen LogP contribution in [-0.4, -0.2) is 24.3 Å². The van der Waals surface area contributed by atoms with Crippen LogP contribution in [0.5, 0.6) is 0 Å². The fourth-order valence-corrected chi connectivity index (χ4v) is 2.26. The van der Waals surface area contributed by atoms with Crippen molar-refractivity contribution in [3.8, 4) is 0 Å². The monoisotopic (exact) mass is 185 g/mol. The lowest BCUT2D eigenvalue weighted by atomic mass is 9.75. The predicted octanol–water partition coefficient (Wildman–Crippen LogP) is 1.93. The Kier molecular flexibility index (Phi) is 4.20. The first kappa shape index (κ1) is 11.0. The number of rotatable bonds is 4. The van der Waals surface area contributed by atoms with Gasteiger partial charge in [-0.3, -0.25) is 0 Å². The van der Waals surface area contributed by atoms with Crippen LogP contribution in [0.2, 0.25) is 0 Å². The van der Waals surface area contributed by atoms with Gasteiger partial charge in [-0.25, -0.2) is 0 Å². The van der Waals surface area contributed by atoms with Crippen LogP contribution in [0.15, 0.2) is 0 Å². The molecule has 78 valence electrons. The molecule has 0 bridgehead atoms. The SMILES string of the molecule is CC1(C)CCC[C@@H](NCCCO)C1. The smallest absolute Gasteiger partial charge is 0.0443 e. The van der Waals surface area contributed by atoms with Gasteiger partial charge < -0.3 is 10.4 Å². The van der Waals surface area contributed by atoms with Crippen molar-refractivity contribution in [3.05, 3.63) is 0 Å². The summed E-state index contributed by atoms with van der Waals surface area (Å²) in [5, 5.41) is 12.2. The van der Waals surface area contributed by atoms with Gasteiger partial charge >= 0.3 is 0 Å². The van der Waals surface area contributed by atoms with Gasteiger partial charge in [-0.15, -0.1) is 0 Å². The highest BCUT2D eigenvalue weighted by Gasteiger charge is 2.27. The normalized spacial score (nSPS) is 27.5. The number of hydrogen-bond donors (Lipinski definition) is 2. The minimum absolute atomic E-state index is 0.309. The topological polar surface area (TPSA) is 32.3 Å². The van der Waals surface area contributed by atoms with E-state index in [1.165, 1.54) is 25.7 Å². The zero-order valence-electron chi connectivity index (χ0n) is 8.97. The molecule has 1 rings (SSSR count). The lowest BCUT2D eigenvalue weighted by Crippen LogP contribution is -2.37. The van der Waals surface area contributed by atoms with Crippen LogP contribution < -0.4 is 5.32 Å². The molecular weight excluding hydrogens is 162 g/mol. The second kappa shape index (κ2) is 4.97. The Morgan fingerprint density at radius 3 is 2.85 bits per heavy atom. The zero-order chi connectivity index (χ0) is 9.73. The molecule has 0 aliphatic heterocycles. The van der Waals surface area contributed by atoms with Crippen molar-refractivity contribution in [1.82, 2.24) is 5.32 Å². The molecule has 0 radical (unpaired) electrons. The van der Waals surface area contributed by atoms with Crippen LogP contribution in [0.4, 0.5) is 0 Å². The molecule has 2 N–H and O–H groups in total. The van der Waals surface area contributed by atoms with E-state index in [2.05, 4.69) is 19.2 Å². The van der Waals surface area contributed by atoms with Gasteiger partial charge in [0.25, 0.3) is 0 Å². The highest BCUT2D eigenvalue weighted by Crippen LogP contribution is 2.34. The van der Waals surface area contributed by atoms with Crippen molar-refractivity contribution >= 4 is 0 Å². The van der Waals surface area contributed by atoms with E-state index in [4.69, 9.17) is 5.11 Å². The van der Waals surface area contributed by atoms with Crippen LogP contribution in [0.1, 0.15) is 46.0 Å². The summed E-state index contributed by atoms with van der Waals surface area (Å²) < 4.78 is 0. The Hall–Kier alpha value is -0.0800. The summed E-state index contributed by atoms with van der Waals surface area (Å²) in [7, 11) is 0. The fraction of sp³-hybridized carbons (Fsp3) is 1.00. The summed E-state index contributed by atoms with van der Waals surface area (Å²) >= 11 is 0. The molecule has 0 unspecified atom stereocenters. The van der Waals surface area contributed by atoms with E-state index in [9.17, 15) is 0 Å². The average molecular weight is 185 g/mol. The van der Waals surface area contributed by atoms with Crippen LogP contribution in [0, 0.1) is 5.41 Å². The van der Waals surface area contributed by atoms with Gasteiger partial charge in [-0.05, 0) is 37.6 Å². The Balaban J connectivity index is 2.19. The van der Waals surface area contributed by atoms with E-state index in [-0.39, 0.29) is 0 Å². The summed E-state index contributed by atoms with van der Waals surface area (Å²) in [5.41, 5.74) is 0.523. The van der Waals surface area contributed by atoms with Crippen molar-refractivity contribution in [1.29, 1.82) is 0 Å². The second-order valence-electron chi connectivity index (χ2n) is 4.99. The van der Waals surface area contributed by atoms with Gasteiger partial charge in [0.2, 0.25) is 0 Å². The lowest BCUT2D eigenvalue weighted by molar-refractivity contribution is 0.195. The molecule has 0 heterocycles. The molecular formula is C11H23NO. The summed E-state index contributed by atoms with van der Waals surface area (Å²) in [4.78, 5) is 0. The minimum Gasteiger partial charge on any atom is -0.396 e. The quantitative estimate of drug-likeness (QED) is 0.656. The van der Waals surface area contributed by atoms with Crippen molar-refractivity contribution in [3.63, 3.8) is 0 Å². The molecule has 2 heteroatoms. The Morgan fingerprint density at radius 2 is 2.23 bits per heavy atom.